The molecule has 2 aliphatic rings. The Kier molecular flexibility index (Phi) is 2.85. The Bertz CT molecular complexity index is 736. The van der Waals surface area contributed by atoms with Crippen molar-refractivity contribution in [3.63, 3.8) is 0 Å². The molecule has 0 amide bonds. The molecule has 4 nitrogen and oxygen atoms in total. The van der Waals surface area contributed by atoms with E-state index in [4.69, 9.17) is 10.5 Å². The van der Waals surface area contributed by atoms with E-state index in [1.807, 2.05) is 36.4 Å². The molecule has 3 N–H and O–H groups in total. The third kappa shape index (κ3) is 1.82. The Balaban J connectivity index is 1.70. The van der Waals surface area contributed by atoms with Crippen molar-refractivity contribution in [3.05, 3.63) is 42.0 Å². The van der Waals surface area contributed by atoms with Crippen molar-refractivity contribution in [2.75, 3.05) is 11.9 Å². The van der Waals surface area contributed by atoms with Crippen LogP contribution in [0, 0.1) is 17.2 Å². The molecule has 4 atom stereocenters. The number of nitrogens with one attached hydrogen (secondary N) is 1. The van der Waals surface area contributed by atoms with E-state index in [9.17, 15) is 5.26 Å². The lowest BCUT2D eigenvalue weighted by Crippen LogP contribution is -2.65. The van der Waals surface area contributed by atoms with E-state index in [0.29, 0.717) is 11.5 Å². The number of fused-ring (bicyclic) bond motifs is 2. The predicted octanol–water partition coefficient (Wildman–Crippen LogP) is 2.24. The zero-order chi connectivity index (χ0) is 14.4. The van der Waals surface area contributed by atoms with Gasteiger partial charge in [0.1, 0.15) is 0 Å². The highest BCUT2D eigenvalue weighted by Gasteiger charge is 2.52. The van der Waals surface area contributed by atoms with Gasteiger partial charge >= 0.3 is 0 Å². The number of hydrogen-bond donors (Lipinski definition) is 2. The van der Waals surface area contributed by atoms with Crippen molar-refractivity contribution in [3.8, 4) is 6.07 Å². The van der Waals surface area contributed by atoms with Crippen LogP contribution < -0.4 is 11.1 Å². The average Bonchev–Trinajstić information content (AvgIpc) is 2.97. The molecule has 4 heteroatoms. The molecule has 1 saturated heterocycles. The van der Waals surface area contributed by atoms with Gasteiger partial charge in [0.25, 0.3) is 0 Å². The molecule has 4 unspecified atom stereocenters. The van der Waals surface area contributed by atoms with Crippen LogP contribution in [0.25, 0.3) is 10.8 Å². The molecular formula is C17H17N3O. The van der Waals surface area contributed by atoms with Crippen molar-refractivity contribution in [1.29, 1.82) is 5.26 Å². The molecule has 4 rings (SSSR count). The molecule has 106 valence electrons. The van der Waals surface area contributed by atoms with Crippen molar-refractivity contribution < 1.29 is 4.74 Å². The first-order chi connectivity index (χ1) is 10.3. The van der Waals surface area contributed by atoms with E-state index < -0.39 is 0 Å². The van der Waals surface area contributed by atoms with Crippen molar-refractivity contribution in [1.82, 2.24) is 0 Å². The molecule has 2 fully saturated rings. The van der Waals surface area contributed by atoms with Crippen LogP contribution in [-0.4, -0.2) is 24.8 Å². The first-order valence-corrected chi connectivity index (χ1v) is 7.35. The first kappa shape index (κ1) is 12.6. The summed E-state index contributed by atoms with van der Waals surface area (Å²) in [5.41, 5.74) is 7.99. The van der Waals surface area contributed by atoms with Crippen molar-refractivity contribution in [2.45, 2.75) is 24.6 Å². The molecule has 0 radical (unpaired) electrons. The van der Waals surface area contributed by atoms with E-state index >= 15 is 0 Å². The topological polar surface area (TPSA) is 71.1 Å². The van der Waals surface area contributed by atoms with E-state index in [1.54, 1.807) is 0 Å². The van der Waals surface area contributed by atoms with Crippen LogP contribution >= 0.6 is 0 Å². The molecule has 0 aromatic heterocycles. The molecule has 1 heterocycles. The summed E-state index contributed by atoms with van der Waals surface area (Å²) >= 11 is 0. The Morgan fingerprint density at radius 1 is 1.19 bits per heavy atom. The Morgan fingerprint density at radius 2 is 2.00 bits per heavy atom. The summed E-state index contributed by atoms with van der Waals surface area (Å²) in [6.07, 6.45) is 1.30. The van der Waals surface area contributed by atoms with Gasteiger partial charge in [-0.2, -0.15) is 5.26 Å². The van der Waals surface area contributed by atoms with Gasteiger partial charge in [0.15, 0.2) is 0 Å². The second-order valence-corrected chi connectivity index (χ2v) is 5.85. The zero-order valence-electron chi connectivity index (χ0n) is 11.6. The number of benzene rings is 2. The van der Waals surface area contributed by atoms with E-state index in [-0.39, 0.29) is 18.2 Å². The maximum atomic E-state index is 9.22. The minimum atomic E-state index is 0.145. The second-order valence-electron chi connectivity index (χ2n) is 5.85. The lowest BCUT2D eigenvalue weighted by Gasteiger charge is -2.46. The summed E-state index contributed by atoms with van der Waals surface area (Å²) in [5.74, 6) is 0.493. The monoisotopic (exact) mass is 279 g/mol. The molecular weight excluding hydrogens is 262 g/mol. The summed E-state index contributed by atoms with van der Waals surface area (Å²) in [5, 5.41) is 14.8. The maximum absolute atomic E-state index is 9.22. The molecule has 1 aliphatic heterocycles. The van der Waals surface area contributed by atoms with E-state index in [0.717, 1.165) is 29.5 Å². The molecule has 0 bridgehead atoms. The van der Waals surface area contributed by atoms with Gasteiger partial charge in [0.05, 0.1) is 23.8 Å². The number of nitrogens with zero attached hydrogens (tertiary/aromatic N) is 1. The van der Waals surface area contributed by atoms with Crippen LogP contribution in [0.3, 0.4) is 0 Å². The summed E-state index contributed by atoms with van der Waals surface area (Å²) in [6, 6.07) is 14.3. The highest BCUT2D eigenvalue weighted by atomic mass is 16.5. The fourth-order valence-electron chi connectivity index (χ4n) is 3.63. The number of nitriles is 1. The second kappa shape index (κ2) is 4.73. The number of nitrogens with two attached hydrogens (primary N) is 1. The van der Waals surface area contributed by atoms with Gasteiger partial charge in [-0.25, -0.2) is 0 Å². The minimum Gasteiger partial charge on any atom is -0.378 e. The lowest BCUT2D eigenvalue weighted by molar-refractivity contribution is 0.00542. The Hall–Kier alpha value is -2.09. The molecule has 0 spiro atoms. The molecule has 21 heavy (non-hydrogen) atoms. The van der Waals surface area contributed by atoms with Gasteiger partial charge in [-0.1, -0.05) is 24.3 Å². The SMILES string of the molecule is N#Cc1ccc(NC2C(N)C3CCOC32)c2ccccc12. The molecule has 2 aromatic carbocycles. The molecule has 1 aliphatic carbocycles. The standard InChI is InChI=1S/C17H17N3O/c18-9-10-5-6-14(12-4-2-1-3-11(10)12)20-16-15(19)13-7-8-21-17(13)16/h1-6,13,15-17,20H,7-8,19H2. The summed E-state index contributed by atoms with van der Waals surface area (Å²) in [7, 11) is 0. The number of hydrogen-bond acceptors (Lipinski definition) is 4. The van der Waals surface area contributed by atoms with Crippen LogP contribution in [0.1, 0.15) is 12.0 Å². The van der Waals surface area contributed by atoms with Crippen LogP contribution in [-0.2, 0) is 4.74 Å². The maximum Gasteiger partial charge on any atom is 0.0998 e. The van der Waals surface area contributed by atoms with Gasteiger partial charge in [-0.15, -0.1) is 0 Å². The normalized spacial score (nSPS) is 30.5. The highest BCUT2D eigenvalue weighted by Crippen LogP contribution is 2.40. The number of anilines is 1. The zero-order valence-corrected chi connectivity index (χ0v) is 11.6. The predicted molar refractivity (Wildman–Crippen MR) is 81.9 cm³/mol. The van der Waals surface area contributed by atoms with Crippen LogP contribution in [0.5, 0.6) is 0 Å². The van der Waals surface area contributed by atoms with Crippen LogP contribution in [0.2, 0.25) is 0 Å². The molecule has 1 saturated carbocycles. The van der Waals surface area contributed by atoms with E-state index in [1.165, 1.54) is 0 Å². The fourth-order valence-corrected chi connectivity index (χ4v) is 3.63. The van der Waals surface area contributed by atoms with Crippen LogP contribution in [0.15, 0.2) is 36.4 Å². The van der Waals surface area contributed by atoms with Crippen molar-refractivity contribution >= 4 is 16.5 Å². The number of ether oxygens (including phenoxy) is 1. The van der Waals surface area contributed by atoms with Crippen LogP contribution in [0.4, 0.5) is 5.69 Å². The van der Waals surface area contributed by atoms with Gasteiger partial charge in [-0.05, 0) is 18.6 Å². The summed E-state index contributed by atoms with van der Waals surface area (Å²) in [4.78, 5) is 0. The largest absolute Gasteiger partial charge is 0.378 e. The quantitative estimate of drug-likeness (QED) is 0.884. The lowest BCUT2D eigenvalue weighted by atomic mass is 9.72. The van der Waals surface area contributed by atoms with Gasteiger partial charge < -0.3 is 15.8 Å². The Labute approximate surface area is 123 Å². The molecule has 2 aromatic rings. The minimum absolute atomic E-state index is 0.145. The first-order valence-electron chi connectivity index (χ1n) is 7.35. The van der Waals surface area contributed by atoms with Crippen molar-refractivity contribution in [2.24, 2.45) is 11.7 Å². The van der Waals surface area contributed by atoms with E-state index in [2.05, 4.69) is 11.4 Å². The van der Waals surface area contributed by atoms with Gasteiger partial charge in [0, 0.05) is 35.0 Å². The fraction of sp³-hybridized carbons (Fsp3) is 0.353. The number of rotatable bonds is 2. The highest BCUT2D eigenvalue weighted by molar-refractivity contribution is 5.97. The summed E-state index contributed by atoms with van der Waals surface area (Å²) < 4.78 is 5.77. The van der Waals surface area contributed by atoms with Gasteiger partial charge in [0.2, 0.25) is 0 Å². The Morgan fingerprint density at radius 3 is 2.81 bits per heavy atom. The summed E-state index contributed by atoms with van der Waals surface area (Å²) in [6.45, 7) is 0.815. The smallest absolute Gasteiger partial charge is 0.0998 e. The third-order valence-corrected chi connectivity index (χ3v) is 4.81. The third-order valence-electron chi connectivity index (χ3n) is 4.81. The average molecular weight is 279 g/mol. The van der Waals surface area contributed by atoms with Gasteiger partial charge in [-0.3, -0.25) is 0 Å².